The number of ether oxygens (including phenoxy) is 1. The molecule has 1 atom stereocenters. The highest BCUT2D eigenvalue weighted by atomic mass is 31.1. The van der Waals surface area contributed by atoms with Crippen molar-refractivity contribution >= 4 is 14.2 Å². The summed E-state index contributed by atoms with van der Waals surface area (Å²) in [5.41, 5.74) is 2.46. The molecule has 4 rings (SSSR count). The normalized spacial score (nSPS) is 12.1. The molecule has 39 heavy (non-hydrogen) atoms. The van der Waals surface area contributed by atoms with Gasteiger partial charge in [0.05, 0.1) is 0 Å². The Morgan fingerprint density at radius 3 is 1.64 bits per heavy atom. The number of nitrogens with zero attached hydrogens (tertiary/aromatic N) is 3. The van der Waals surface area contributed by atoms with E-state index in [1.54, 1.807) is 6.33 Å². The van der Waals surface area contributed by atoms with Crippen LogP contribution < -0.4 is 0 Å². The first-order chi connectivity index (χ1) is 18.8. The molecule has 1 heterocycles. The second kappa shape index (κ2) is 14.5. The molecule has 1 aromatic heterocycles. The standard InChI is InChI=1S/C30H33N3O2.H3O3P/c1-4-24(5-2)21-28(35-23(3)34)29-31-22-33(32-29)30(25-15-9-6-10-16-25,26-17-11-7-12-18-26)27-19-13-8-14-20-27;1-4(2)3/h6-20,22,24,28H,4-5,21H2,1-3H3;4H,(H2,1,2,3). The number of carbonyl (C=O) groups is 1. The molecule has 4 aromatic rings. The largest absolute Gasteiger partial charge is 0.454 e. The van der Waals surface area contributed by atoms with Crippen LogP contribution in [0.15, 0.2) is 97.3 Å². The third-order valence-electron chi connectivity index (χ3n) is 6.73. The lowest BCUT2D eigenvalue weighted by Crippen LogP contribution is -2.38. The first kappa shape index (κ1) is 30.0. The summed E-state index contributed by atoms with van der Waals surface area (Å²) in [7, 11) is -3.13. The summed E-state index contributed by atoms with van der Waals surface area (Å²) in [4.78, 5) is 31.0. The van der Waals surface area contributed by atoms with Crippen molar-refractivity contribution < 1.29 is 23.9 Å². The molecule has 9 heteroatoms. The smallest absolute Gasteiger partial charge is 0.314 e. The number of aromatic nitrogens is 3. The quantitative estimate of drug-likeness (QED) is 0.144. The van der Waals surface area contributed by atoms with Crippen LogP contribution in [0.2, 0.25) is 0 Å². The molecule has 0 bridgehead atoms. The van der Waals surface area contributed by atoms with Gasteiger partial charge in [-0.25, -0.2) is 9.67 Å². The molecule has 0 amide bonds. The molecule has 8 nitrogen and oxygen atoms in total. The van der Waals surface area contributed by atoms with Gasteiger partial charge in [-0.05, 0) is 29.0 Å². The van der Waals surface area contributed by atoms with E-state index in [4.69, 9.17) is 29.2 Å². The summed E-state index contributed by atoms with van der Waals surface area (Å²) >= 11 is 0. The lowest BCUT2D eigenvalue weighted by molar-refractivity contribution is -0.148. The lowest BCUT2D eigenvalue weighted by atomic mass is 9.77. The fraction of sp³-hybridized carbons (Fsp3) is 0.300. The number of rotatable bonds is 10. The summed E-state index contributed by atoms with van der Waals surface area (Å²) in [6.07, 6.45) is 4.00. The number of hydrogen-bond donors (Lipinski definition) is 2. The second-order valence-electron chi connectivity index (χ2n) is 9.15. The van der Waals surface area contributed by atoms with E-state index in [0.29, 0.717) is 18.2 Å². The molecule has 0 aliphatic carbocycles. The van der Waals surface area contributed by atoms with Gasteiger partial charge in [0.25, 0.3) is 0 Å². The van der Waals surface area contributed by atoms with Crippen LogP contribution in [0.25, 0.3) is 0 Å². The van der Waals surface area contributed by atoms with Crippen molar-refractivity contribution in [2.24, 2.45) is 5.92 Å². The van der Waals surface area contributed by atoms with Crippen molar-refractivity contribution in [2.45, 2.75) is 51.7 Å². The molecule has 0 spiro atoms. The Hall–Kier alpha value is -3.58. The second-order valence-corrected chi connectivity index (χ2v) is 9.72. The Labute approximate surface area is 230 Å². The van der Waals surface area contributed by atoms with Crippen LogP contribution in [0.3, 0.4) is 0 Å². The molecule has 3 aromatic carbocycles. The minimum absolute atomic E-state index is 0.322. The summed E-state index contributed by atoms with van der Waals surface area (Å²) < 4.78 is 16.4. The predicted octanol–water partition coefficient (Wildman–Crippen LogP) is 5.91. The molecule has 0 saturated heterocycles. The van der Waals surface area contributed by atoms with Crippen molar-refractivity contribution in [3.8, 4) is 0 Å². The van der Waals surface area contributed by atoms with Gasteiger partial charge in [-0.15, -0.1) is 0 Å². The third-order valence-corrected chi connectivity index (χ3v) is 6.73. The molecule has 1 unspecified atom stereocenters. The summed E-state index contributed by atoms with van der Waals surface area (Å²) in [5.74, 6) is 0.630. The van der Waals surface area contributed by atoms with Gasteiger partial charge < -0.3 is 14.5 Å². The number of benzene rings is 3. The molecule has 0 aliphatic rings. The van der Waals surface area contributed by atoms with E-state index in [1.807, 2.05) is 59.3 Å². The third kappa shape index (κ3) is 7.51. The van der Waals surface area contributed by atoms with E-state index in [1.165, 1.54) is 6.92 Å². The van der Waals surface area contributed by atoms with Crippen LogP contribution in [-0.4, -0.2) is 30.5 Å². The maximum Gasteiger partial charge on any atom is 0.314 e. The minimum atomic E-state index is -3.13. The number of carbonyl (C=O) groups excluding carboxylic acids is 1. The van der Waals surface area contributed by atoms with Gasteiger partial charge in [-0.2, -0.15) is 5.10 Å². The zero-order chi connectivity index (χ0) is 28.3. The molecule has 0 saturated carbocycles. The Kier molecular flexibility index (Phi) is 11.2. The van der Waals surface area contributed by atoms with E-state index >= 15 is 0 Å². The average Bonchev–Trinajstić information content (AvgIpc) is 3.43. The zero-order valence-electron chi connectivity index (χ0n) is 22.5. The van der Waals surface area contributed by atoms with Gasteiger partial charge in [-0.3, -0.25) is 9.36 Å². The fourth-order valence-corrected chi connectivity index (χ4v) is 4.85. The van der Waals surface area contributed by atoms with Crippen molar-refractivity contribution in [3.63, 3.8) is 0 Å². The van der Waals surface area contributed by atoms with Crippen molar-refractivity contribution in [1.82, 2.24) is 14.8 Å². The Balaban J connectivity index is 0.000000983. The van der Waals surface area contributed by atoms with E-state index in [-0.39, 0.29) is 5.97 Å². The molecule has 2 N–H and O–H groups in total. The topological polar surface area (TPSA) is 115 Å². The van der Waals surface area contributed by atoms with Gasteiger partial charge in [-0.1, -0.05) is 118 Å². The predicted molar refractivity (Wildman–Crippen MR) is 151 cm³/mol. The zero-order valence-corrected chi connectivity index (χ0v) is 23.5. The molecule has 0 fully saturated rings. The van der Waals surface area contributed by atoms with Gasteiger partial charge >= 0.3 is 14.2 Å². The van der Waals surface area contributed by atoms with Crippen molar-refractivity contribution in [1.29, 1.82) is 0 Å². The average molecular weight is 550 g/mol. The van der Waals surface area contributed by atoms with Gasteiger partial charge in [0, 0.05) is 6.92 Å². The monoisotopic (exact) mass is 549 g/mol. The van der Waals surface area contributed by atoms with Gasteiger partial charge in [0.1, 0.15) is 11.9 Å². The maximum absolute atomic E-state index is 12.0. The van der Waals surface area contributed by atoms with Crippen LogP contribution in [0.5, 0.6) is 0 Å². The van der Waals surface area contributed by atoms with Crippen molar-refractivity contribution in [2.75, 3.05) is 0 Å². The van der Waals surface area contributed by atoms with Crippen LogP contribution >= 0.6 is 8.25 Å². The fourth-order valence-electron chi connectivity index (χ4n) is 4.85. The van der Waals surface area contributed by atoms with Gasteiger partial charge in [0.2, 0.25) is 0 Å². The van der Waals surface area contributed by atoms with E-state index in [2.05, 4.69) is 50.2 Å². The summed E-state index contributed by atoms with van der Waals surface area (Å²) in [5, 5.41) is 5.02. The van der Waals surface area contributed by atoms with Crippen LogP contribution in [0, 0.1) is 5.92 Å². The summed E-state index contributed by atoms with van der Waals surface area (Å²) in [6, 6.07) is 31.0. The SMILES string of the molecule is CCC(CC)CC(OC(C)=O)c1ncn(C(c2ccccc2)(c2ccccc2)c2ccccc2)n1.O=[PH](O)O. The van der Waals surface area contributed by atoms with Crippen molar-refractivity contribution in [3.05, 3.63) is 120 Å². The van der Waals surface area contributed by atoms with E-state index < -0.39 is 19.9 Å². The van der Waals surface area contributed by atoms with Gasteiger partial charge in [0.15, 0.2) is 11.9 Å². The highest BCUT2D eigenvalue weighted by Crippen LogP contribution is 2.40. The Morgan fingerprint density at radius 2 is 1.28 bits per heavy atom. The minimum Gasteiger partial charge on any atom is -0.454 e. The summed E-state index contributed by atoms with van der Waals surface area (Å²) in [6.45, 7) is 5.77. The van der Waals surface area contributed by atoms with E-state index in [0.717, 1.165) is 29.5 Å². The number of esters is 1. The molecule has 0 aliphatic heterocycles. The highest BCUT2D eigenvalue weighted by Gasteiger charge is 2.40. The van der Waals surface area contributed by atoms with Crippen LogP contribution in [-0.2, 0) is 19.6 Å². The first-order valence-corrected chi connectivity index (χ1v) is 14.3. The number of hydrogen-bond acceptors (Lipinski definition) is 5. The maximum atomic E-state index is 12.0. The molecule has 206 valence electrons. The lowest BCUT2D eigenvalue weighted by Gasteiger charge is -2.36. The first-order valence-electron chi connectivity index (χ1n) is 13.0. The van der Waals surface area contributed by atoms with Crippen LogP contribution in [0.4, 0.5) is 0 Å². The molecular weight excluding hydrogens is 513 g/mol. The molecular formula is C30H36N3O5P. The molecule has 0 radical (unpaired) electrons. The Morgan fingerprint density at radius 1 is 0.872 bits per heavy atom. The van der Waals surface area contributed by atoms with E-state index in [9.17, 15) is 4.79 Å². The highest BCUT2D eigenvalue weighted by molar-refractivity contribution is 7.30. The Bertz CT molecular complexity index is 1210. The van der Waals surface area contributed by atoms with Crippen LogP contribution in [0.1, 0.15) is 68.7 Å².